The highest BCUT2D eigenvalue weighted by atomic mass is 31.1. The fourth-order valence-electron chi connectivity index (χ4n) is 1.91. The van der Waals surface area contributed by atoms with Crippen LogP contribution < -0.4 is 0 Å². The second-order valence-corrected chi connectivity index (χ2v) is 6.85. The maximum absolute atomic E-state index is 11.2. The Balaban J connectivity index is 0. The molecule has 0 spiro atoms. The topological polar surface area (TPSA) is 35.5 Å². The number of rotatable bonds is 15. The first-order valence-corrected chi connectivity index (χ1v) is 10.7. The monoisotopic (exact) mass is 336 g/mol. The molecule has 0 unspecified atom stereocenters. The van der Waals surface area contributed by atoms with E-state index in [2.05, 4.69) is 27.7 Å². The van der Waals surface area contributed by atoms with E-state index in [4.69, 9.17) is 9.05 Å². The van der Waals surface area contributed by atoms with Gasteiger partial charge in [0, 0.05) is 0 Å². The van der Waals surface area contributed by atoms with Crippen LogP contribution in [-0.2, 0) is 13.6 Å². The summed E-state index contributed by atoms with van der Waals surface area (Å²) in [5, 5.41) is 0. The molecule has 0 aliphatic heterocycles. The van der Waals surface area contributed by atoms with Crippen LogP contribution in [0.2, 0.25) is 0 Å². The van der Waals surface area contributed by atoms with E-state index < -0.39 is 8.25 Å². The van der Waals surface area contributed by atoms with Crippen LogP contribution >= 0.6 is 8.25 Å². The maximum atomic E-state index is 11.2. The lowest BCUT2D eigenvalue weighted by Gasteiger charge is -2.05. The van der Waals surface area contributed by atoms with E-state index >= 15 is 0 Å². The number of hydrogen-bond donors (Lipinski definition) is 0. The van der Waals surface area contributed by atoms with Gasteiger partial charge in [0.25, 0.3) is 0 Å². The van der Waals surface area contributed by atoms with Gasteiger partial charge in [-0.25, -0.2) is 0 Å². The summed E-state index contributed by atoms with van der Waals surface area (Å²) < 4.78 is 21.5. The summed E-state index contributed by atoms with van der Waals surface area (Å²) in [6.45, 7) is 9.96. The van der Waals surface area contributed by atoms with Gasteiger partial charge in [0.1, 0.15) is 0 Å². The molecule has 0 aliphatic rings. The Morgan fingerprint density at radius 2 is 0.864 bits per heavy atom. The highest BCUT2D eigenvalue weighted by Gasteiger charge is 1.99. The van der Waals surface area contributed by atoms with Crippen LogP contribution in [0.25, 0.3) is 0 Å². The predicted molar refractivity (Wildman–Crippen MR) is 99.0 cm³/mol. The third kappa shape index (κ3) is 25.1. The molecule has 0 rings (SSSR count). The maximum Gasteiger partial charge on any atom is 0.319 e. The lowest BCUT2D eigenvalue weighted by Crippen LogP contribution is -1.91. The quantitative estimate of drug-likeness (QED) is 0.235. The van der Waals surface area contributed by atoms with E-state index in [1.165, 1.54) is 51.4 Å². The van der Waals surface area contributed by atoms with Gasteiger partial charge in [-0.3, -0.25) is 4.57 Å². The second kappa shape index (κ2) is 23.4. The lowest BCUT2D eigenvalue weighted by atomic mass is 10.2. The molecule has 0 atom stereocenters. The highest BCUT2D eigenvalue weighted by Crippen LogP contribution is 2.24. The summed E-state index contributed by atoms with van der Waals surface area (Å²) in [5.41, 5.74) is 0. The SMILES string of the molecule is CCCCCC.CCCCCCO[PH](=O)OCCCCCC. The first kappa shape index (κ1) is 24.4. The Hall–Kier alpha value is 0.150. The van der Waals surface area contributed by atoms with Crippen LogP contribution in [0.5, 0.6) is 0 Å². The molecule has 22 heavy (non-hydrogen) atoms. The number of hydrogen-bond acceptors (Lipinski definition) is 3. The Morgan fingerprint density at radius 3 is 1.18 bits per heavy atom. The average molecular weight is 336 g/mol. The van der Waals surface area contributed by atoms with Crippen LogP contribution in [0.4, 0.5) is 0 Å². The Bertz CT molecular complexity index is 191. The van der Waals surface area contributed by atoms with E-state index in [9.17, 15) is 4.57 Å². The van der Waals surface area contributed by atoms with E-state index in [-0.39, 0.29) is 0 Å². The summed E-state index contributed by atoms with van der Waals surface area (Å²) >= 11 is 0. The van der Waals surface area contributed by atoms with E-state index in [1.807, 2.05) is 0 Å². The van der Waals surface area contributed by atoms with Crippen LogP contribution in [0.1, 0.15) is 105 Å². The van der Waals surface area contributed by atoms with Gasteiger partial charge < -0.3 is 9.05 Å². The minimum Gasteiger partial charge on any atom is -0.311 e. The summed E-state index contributed by atoms with van der Waals surface area (Å²) in [6, 6.07) is 0. The van der Waals surface area contributed by atoms with Crippen LogP contribution in [0, 0.1) is 0 Å². The van der Waals surface area contributed by atoms with Crippen molar-refractivity contribution in [1.29, 1.82) is 0 Å². The molecular formula is C18H41O3P. The molecule has 0 amide bonds. The van der Waals surface area contributed by atoms with Crippen LogP contribution in [0.15, 0.2) is 0 Å². The van der Waals surface area contributed by atoms with Crippen molar-refractivity contribution in [1.82, 2.24) is 0 Å². The largest absolute Gasteiger partial charge is 0.319 e. The van der Waals surface area contributed by atoms with Crippen molar-refractivity contribution in [3.05, 3.63) is 0 Å². The molecule has 0 saturated heterocycles. The Labute approximate surface area is 140 Å². The van der Waals surface area contributed by atoms with Gasteiger partial charge in [0.05, 0.1) is 13.2 Å². The first-order chi connectivity index (χ1) is 10.7. The molecule has 0 heterocycles. The van der Waals surface area contributed by atoms with Crippen molar-refractivity contribution < 1.29 is 13.6 Å². The molecule has 0 saturated carbocycles. The molecule has 0 radical (unpaired) electrons. The molecule has 0 N–H and O–H groups in total. The summed E-state index contributed by atoms with van der Waals surface area (Å²) in [4.78, 5) is 0. The average Bonchev–Trinajstić information content (AvgIpc) is 2.53. The zero-order valence-corrected chi connectivity index (χ0v) is 16.6. The molecule has 0 aromatic carbocycles. The molecular weight excluding hydrogens is 295 g/mol. The van der Waals surface area contributed by atoms with Crippen molar-refractivity contribution in [2.24, 2.45) is 0 Å². The van der Waals surface area contributed by atoms with Crippen LogP contribution in [0.3, 0.4) is 0 Å². The summed E-state index contributed by atoms with van der Waals surface area (Å²) in [5.74, 6) is 0. The van der Waals surface area contributed by atoms with Gasteiger partial charge in [-0.1, -0.05) is 91.9 Å². The van der Waals surface area contributed by atoms with Crippen molar-refractivity contribution in [2.45, 2.75) is 105 Å². The van der Waals surface area contributed by atoms with Gasteiger partial charge in [-0.15, -0.1) is 0 Å². The Morgan fingerprint density at radius 1 is 0.545 bits per heavy atom. The molecule has 0 fully saturated rings. The summed E-state index contributed by atoms with van der Waals surface area (Å²) in [7, 11) is -2.21. The zero-order valence-electron chi connectivity index (χ0n) is 15.6. The van der Waals surface area contributed by atoms with Crippen molar-refractivity contribution in [3.63, 3.8) is 0 Å². The first-order valence-electron chi connectivity index (χ1n) is 9.52. The van der Waals surface area contributed by atoms with Crippen LogP contribution in [-0.4, -0.2) is 13.2 Å². The van der Waals surface area contributed by atoms with Gasteiger partial charge in [-0.2, -0.15) is 0 Å². The molecule has 4 heteroatoms. The minimum absolute atomic E-state index is 0.576. The second-order valence-electron chi connectivity index (χ2n) is 5.78. The molecule has 3 nitrogen and oxygen atoms in total. The highest BCUT2D eigenvalue weighted by molar-refractivity contribution is 7.33. The van der Waals surface area contributed by atoms with Crippen molar-refractivity contribution in [2.75, 3.05) is 13.2 Å². The molecule has 0 aromatic heterocycles. The fourth-order valence-corrected chi connectivity index (χ4v) is 2.62. The third-order valence-electron chi connectivity index (χ3n) is 3.39. The predicted octanol–water partition coefficient (Wildman–Crippen LogP) is 7.16. The molecule has 0 aromatic rings. The van der Waals surface area contributed by atoms with E-state index in [1.54, 1.807) is 0 Å². The minimum atomic E-state index is -2.21. The smallest absolute Gasteiger partial charge is 0.311 e. The van der Waals surface area contributed by atoms with Crippen molar-refractivity contribution >= 4 is 8.25 Å². The standard InChI is InChI=1S/C12H27O3P.C6H14/c1-3-5-7-9-11-14-16(13)15-12-10-8-6-4-2;1-3-5-6-4-2/h16H,3-12H2,1-2H3;3-6H2,1-2H3. The van der Waals surface area contributed by atoms with Crippen molar-refractivity contribution in [3.8, 4) is 0 Å². The van der Waals surface area contributed by atoms with Gasteiger partial charge in [0.15, 0.2) is 0 Å². The van der Waals surface area contributed by atoms with Gasteiger partial charge >= 0.3 is 8.25 Å². The van der Waals surface area contributed by atoms with Gasteiger partial charge in [-0.05, 0) is 12.8 Å². The number of unbranched alkanes of at least 4 members (excludes halogenated alkanes) is 9. The van der Waals surface area contributed by atoms with Gasteiger partial charge in [0.2, 0.25) is 0 Å². The molecule has 0 bridgehead atoms. The molecule has 136 valence electrons. The van der Waals surface area contributed by atoms with E-state index in [0.717, 1.165) is 25.7 Å². The third-order valence-corrected chi connectivity index (χ3v) is 4.27. The zero-order chi connectivity index (χ0) is 16.9. The normalized spacial score (nSPS) is 10.6. The summed E-state index contributed by atoms with van der Waals surface area (Å²) in [6.07, 6.45) is 14.7. The van der Waals surface area contributed by atoms with E-state index in [0.29, 0.717) is 13.2 Å². The molecule has 0 aliphatic carbocycles. The fraction of sp³-hybridized carbons (Fsp3) is 1.00. The lowest BCUT2D eigenvalue weighted by molar-refractivity contribution is 0.218. The Kier molecular flexibility index (Phi) is 26.0.